The summed E-state index contributed by atoms with van der Waals surface area (Å²) in [6.45, 7) is 0. The number of urea groups is 1. The van der Waals surface area contributed by atoms with E-state index in [1.807, 2.05) is 18.2 Å². The van der Waals surface area contributed by atoms with Crippen LogP contribution in [0.5, 0.6) is 0 Å². The summed E-state index contributed by atoms with van der Waals surface area (Å²) in [5.41, 5.74) is 8.54. The molecule has 116 valence electrons. The van der Waals surface area contributed by atoms with E-state index in [1.165, 1.54) is 0 Å². The average molecular weight is 328 g/mol. The smallest absolute Gasteiger partial charge is 0.323 e. The lowest BCUT2D eigenvalue weighted by molar-refractivity contribution is 0.262. The van der Waals surface area contributed by atoms with Crippen LogP contribution in [0.2, 0.25) is 5.02 Å². The van der Waals surface area contributed by atoms with Crippen molar-refractivity contribution in [2.75, 3.05) is 16.4 Å². The largest absolute Gasteiger partial charge is 0.369 e. The fourth-order valence-corrected chi connectivity index (χ4v) is 2.20. The van der Waals surface area contributed by atoms with Gasteiger partial charge in [0.05, 0.1) is 11.9 Å². The first-order valence-corrected chi connectivity index (χ1v) is 7.22. The Labute approximate surface area is 137 Å². The van der Waals surface area contributed by atoms with Gasteiger partial charge >= 0.3 is 6.03 Å². The maximum atomic E-state index is 12.0. The molecule has 2 amide bonds. The molecule has 0 fully saturated rings. The molecule has 0 radical (unpaired) electrons. The lowest BCUT2D eigenvalue weighted by Crippen LogP contribution is -2.19. The molecule has 5 N–H and O–H groups in total. The number of benzene rings is 2. The zero-order chi connectivity index (χ0) is 16.2. The SMILES string of the molecule is Nc1ncc(-c2cccc(NC(=O)Nc3ccc(Cl)cc3)c2)[nH]1. The molecule has 0 aliphatic rings. The first kappa shape index (κ1) is 14.9. The number of carbonyl (C=O) groups is 1. The van der Waals surface area contributed by atoms with Crippen LogP contribution >= 0.6 is 11.6 Å². The van der Waals surface area contributed by atoms with Crippen LogP contribution in [0.25, 0.3) is 11.3 Å². The number of hydrogen-bond acceptors (Lipinski definition) is 3. The lowest BCUT2D eigenvalue weighted by Gasteiger charge is -2.08. The van der Waals surface area contributed by atoms with E-state index in [-0.39, 0.29) is 6.03 Å². The van der Waals surface area contributed by atoms with Crippen LogP contribution < -0.4 is 16.4 Å². The molecule has 7 heteroatoms. The minimum absolute atomic E-state index is 0.339. The number of carbonyl (C=O) groups excluding carboxylic acids is 1. The Balaban J connectivity index is 1.70. The van der Waals surface area contributed by atoms with Gasteiger partial charge in [0, 0.05) is 22.0 Å². The highest BCUT2D eigenvalue weighted by molar-refractivity contribution is 6.30. The zero-order valence-corrected chi connectivity index (χ0v) is 12.8. The molecule has 3 rings (SSSR count). The number of halogens is 1. The van der Waals surface area contributed by atoms with Crippen molar-refractivity contribution < 1.29 is 4.79 Å². The van der Waals surface area contributed by atoms with Gasteiger partial charge in [-0.25, -0.2) is 9.78 Å². The molecule has 0 saturated carbocycles. The number of H-pyrrole nitrogens is 1. The highest BCUT2D eigenvalue weighted by Crippen LogP contribution is 2.21. The summed E-state index contributed by atoms with van der Waals surface area (Å²) in [4.78, 5) is 18.9. The first-order chi connectivity index (χ1) is 11.1. The molecule has 1 heterocycles. The fraction of sp³-hybridized carbons (Fsp3) is 0. The Morgan fingerprint density at radius 2 is 1.83 bits per heavy atom. The van der Waals surface area contributed by atoms with Crippen molar-refractivity contribution in [2.45, 2.75) is 0 Å². The van der Waals surface area contributed by atoms with E-state index < -0.39 is 0 Å². The Morgan fingerprint density at radius 1 is 1.09 bits per heavy atom. The van der Waals surface area contributed by atoms with Gasteiger partial charge in [-0.15, -0.1) is 0 Å². The van der Waals surface area contributed by atoms with E-state index in [2.05, 4.69) is 20.6 Å². The topological polar surface area (TPSA) is 95.8 Å². The summed E-state index contributed by atoms with van der Waals surface area (Å²) in [6.07, 6.45) is 1.64. The number of nitrogens with one attached hydrogen (secondary N) is 3. The number of nitrogens with two attached hydrogens (primary N) is 1. The Morgan fingerprint density at radius 3 is 2.52 bits per heavy atom. The van der Waals surface area contributed by atoms with Crippen LogP contribution in [0.15, 0.2) is 54.7 Å². The lowest BCUT2D eigenvalue weighted by atomic mass is 10.1. The normalized spacial score (nSPS) is 10.3. The summed E-state index contributed by atoms with van der Waals surface area (Å²) in [7, 11) is 0. The highest BCUT2D eigenvalue weighted by Gasteiger charge is 2.06. The summed E-state index contributed by atoms with van der Waals surface area (Å²) in [5, 5.41) is 6.12. The van der Waals surface area contributed by atoms with Gasteiger partial charge < -0.3 is 21.4 Å². The van der Waals surface area contributed by atoms with Gasteiger partial charge in [0.25, 0.3) is 0 Å². The van der Waals surface area contributed by atoms with Crippen LogP contribution in [0.4, 0.5) is 22.1 Å². The monoisotopic (exact) mass is 327 g/mol. The predicted molar refractivity (Wildman–Crippen MR) is 92.5 cm³/mol. The van der Waals surface area contributed by atoms with Crippen molar-refractivity contribution in [3.05, 3.63) is 59.8 Å². The van der Waals surface area contributed by atoms with Gasteiger partial charge in [-0.3, -0.25) is 0 Å². The molecule has 0 atom stereocenters. The van der Waals surface area contributed by atoms with Crippen molar-refractivity contribution in [3.8, 4) is 11.3 Å². The standard InChI is InChI=1S/C16H14ClN5O/c17-11-4-6-12(7-5-11)20-16(23)21-13-3-1-2-10(8-13)14-9-19-15(18)22-14/h1-9H,(H3,18,19,22)(H2,20,21,23). The van der Waals surface area contributed by atoms with Gasteiger partial charge in [-0.1, -0.05) is 23.7 Å². The van der Waals surface area contributed by atoms with Gasteiger partial charge in [0.1, 0.15) is 0 Å². The molecule has 0 saturated heterocycles. The average Bonchev–Trinajstić information content (AvgIpc) is 2.96. The second-order valence-electron chi connectivity index (χ2n) is 4.85. The van der Waals surface area contributed by atoms with Gasteiger partial charge in [-0.2, -0.15) is 0 Å². The second kappa shape index (κ2) is 6.41. The third kappa shape index (κ3) is 3.81. The number of rotatable bonds is 3. The number of aromatic amines is 1. The number of amides is 2. The molecule has 2 aromatic carbocycles. The van der Waals surface area contributed by atoms with Crippen LogP contribution in [-0.2, 0) is 0 Å². The minimum atomic E-state index is -0.339. The van der Waals surface area contributed by atoms with E-state index in [9.17, 15) is 4.79 Å². The zero-order valence-electron chi connectivity index (χ0n) is 12.0. The van der Waals surface area contributed by atoms with E-state index >= 15 is 0 Å². The summed E-state index contributed by atoms with van der Waals surface area (Å²) in [6, 6.07) is 13.9. The quantitative estimate of drug-likeness (QED) is 0.586. The number of anilines is 3. The molecule has 0 aliphatic carbocycles. The van der Waals surface area contributed by atoms with Crippen molar-refractivity contribution in [1.82, 2.24) is 9.97 Å². The molecule has 23 heavy (non-hydrogen) atoms. The number of hydrogen-bond donors (Lipinski definition) is 4. The Kier molecular flexibility index (Phi) is 4.16. The fourth-order valence-electron chi connectivity index (χ4n) is 2.07. The maximum Gasteiger partial charge on any atom is 0.323 e. The number of nitrogen functional groups attached to an aromatic ring is 1. The second-order valence-corrected chi connectivity index (χ2v) is 5.29. The number of nitrogens with zero attached hydrogens (tertiary/aromatic N) is 1. The van der Waals surface area contributed by atoms with E-state index in [4.69, 9.17) is 17.3 Å². The van der Waals surface area contributed by atoms with E-state index in [1.54, 1.807) is 36.5 Å². The van der Waals surface area contributed by atoms with Crippen LogP contribution in [0.3, 0.4) is 0 Å². The van der Waals surface area contributed by atoms with Crippen molar-refractivity contribution in [3.63, 3.8) is 0 Å². The molecule has 1 aromatic heterocycles. The third-order valence-electron chi connectivity index (χ3n) is 3.13. The summed E-state index contributed by atoms with van der Waals surface area (Å²) < 4.78 is 0. The summed E-state index contributed by atoms with van der Waals surface area (Å²) >= 11 is 5.81. The molecular weight excluding hydrogens is 314 g/mol. The minimum Gasteiger partial charge on any atom is -0.369 e. The molecule has 0 aliphatic heterocycles. The van der Waals surface area contributed by atoms with Crippen molar-refractivity contribution in [1.29, 1.82) is 0 Å². The van der Waals surface area contributed by atoms with E-state index in [0.29, 0.717) is 22.3 Å². The maximum absolute atomic E-state index is 12.0. The first-order valence-electron chi connectivity index (χ1n) is 6.84. The van der Waals surface area contributed by atoms with Gasteiger partial charge in [0.2, 0.25) is 0 Å². The summed E-state index contributed by atoms with van der Waals surface area (Å²) in [5.74, 6) is 0.346. The highest BCUT2D eigenvalue weighted by atomic mass is 35.5. The van der Waals surface area contributed by atoms with Gasteiger partial charge in [0.15, 0.2) is 5.95 Å². The van der Waals surface area contributed by atoms with Crippen LogP contribution in [0.1, 0.15) is 0 Å². The molecular formula is C16H14ClN5O. The number of aromatic nitrogens is 2. The Bertz CT molecular complexity index is 828. The van der Waals surface area contributed by atoms with Crippen LogP contribution in [0, 0.1) is 0 Å². The molecule has 6 nitrogen and oxygen atoms in total. The van der Waals surface area contributed by atoms with Gasteiger partial charge in [-0.05, 0) is 36.4 Å². The predicted octanol–water partition coefficient (Wildman–Crippen LogP) is 3.96. The van der Waals surface area contributed by atoms with Crippen molar-refractivity contribution in [2.24, 2.45) is 0 Å². The van der Waals surface area contributed by atoms with Crippen LogP contribution in [-0.4, -0.2) is 16.0 Å². The number of imidazole rings is 1. The molecule has 0 spiro atoms. The Hall–Kier alpha value is -2.99. The van der Waals surface area contributed by atoms with Crippen molar-refractivity contribution >= 4 is 35.0 Å². The third-order valence-corrected chi connectivity index (χ3v) is 3.38. The van der Waals surface area contributed by atoms with E-state index in [0.717, 1.165) is 11.3 Å². The molecule has 0 bridgehead atoms. The molecule has 0 unspecified atom stereocenters. The molecule has 3 aromatic rings.